The van der Waals surface area contributed by atoms with Gasteiger partial charge < -0.3 is 29.9 Å². The molecule has 1 aliphatic rings. The number of carbonyl (C=O) groups is 1. The van der Waals surface area contributed by atoms with Crippen molar-refractivity contribution in [3.63, 3.8) is 0 Å². The Bertz CT molecular complexity index is 1210. The van der Waals surface area contributed by atoms with Gasteiger partial charge in [0.1, 0.15) is 11.6 Å². The molecule has 260 valence electrons. The van der Waals surface area contributed by atoms with Crippen LogP contribution in [0.1, 0.15) is 107 Å². The molecule has 2 atom stereocenters. The Morgan fingerprint density at radius 3 is 2.13 bits per heavy atom. The quantitative estimate of drug-likeness (QED) is 0.140. The largest absolute Gasteiger partial charge is 1.00 e. The molecule has 47 heavy (non-hydrogen) atoms. The maximum atomic E-state index is 13.9. The average molecular weight is 673 g/mol. The Morgan fingerprint density at radius 2 is 1.62 bits per heavy atom. The Hall–Kier alpha value is -1.53. The van der Waals surface area contributed by atoms with Gasteiger partial charge in [-0.1, -0.05) is 41.9 Å². The summed E-state index contributed by atoms with van der Waals surface area (Å²) in [5.41, 5.74) is 3.21. The zero-order chi connectivity index (χ0) is 34.7. The van der Waals surface area contributed by atoms with Gasteiger partial charge >= 0.3 is 31.2 Å². The van der Waals surface area contributed by atoms with Gasteiger partial charge in [-0.05, 0) is 107 Å². The van der Waals surface area contributed by atoms with Crippen LogP contribution in [0.2, 0.25) is 5.02 Å². The number of benzene rings is 2. The van der Waals surface area contributed by atoms with Crippen molar-refractivity contribution < 1.29 is 46.3 Å². The number of hydrogen-bond donors (Lipinski definition) is 0. The molecule has 10 heteroatoms. The third-order valence-corrected chi connectivity index (χ3v) is 8.34. The van der Waals surface area contributed by atoms with E-state index in [2.05, 4.69) is 23.5 Å². The normalized spacial score (nSPS) is 18.2. The minimum atomic E-state index is -4.64. The Balaban J connectivity index is 0.00000265. The van der Waals surface area contributed by atoms with Crippen LogP contribution in [-0.4, -0.2) is 60.5 Å². The van der Waals surface area contributed by atoms with E-state index in [4.69, 9.17) is 16.3 Å². The van der Waals surface area contributed by atoms with Crippen LogP contribution < -0.4 is 18.9 Å². The molecule has 2 aromatic carbocycles. The molecular formula is C37H53ClF3LiN2O3-2. The van der Waals surface area contributed by atoms with Crippen molar-refractivity contribution in [1.29, 1.82) is 0 Å². The van der Waals surface area contributed by atoms with Crippen molar-refractivity contribution in [2.75, 3.05) is 26.7 Å². The third kappa shape index (κ3) is 14.1. The minimum absolute atomic E-state index is 0. The first-order chi connectivity index (χ1) is 21.5. The van der Waals surface area contributed by atoms with Gasteiger partial charge in [-0.2, -0.15) is 13.8 Å². The van der Waals surface area contributed by atoms with Crippen LogP contribution in [0.25, 0.3) is 0 Å². The SMILES string of the molecule is C[CH-]C.[CH2-]CN(C[CH2-])[C@@H](CCN(C)C(C(=O)OC(C)(C)C)c1cccc(C)c1C1CCC(OC(F)(F)F)CC1)c1cccc(Cl)c1.[Li+]. The molecule has 3 rings (SSSR count). The van der Waals surface area contributed by atoms with Crippen molar-refractivity contribution >= 4 is 17.6 Å². The first kappa shape index (κ1) is 43.5. The van der Waals surface area contributed by atoms with E-state index < -0.39 is 24.1 Å². The molecule has 1 unspecified atom stereocenters. The van der Waals surface area contributed by atoms with E-state index in [1.54, 1.807) is 0 Å². The van der Waals surface area contributed by atoms with Crippen LogP contribution in [-0.2, 0) is 14.3 Å². The van der Waals surface area contributed by atoms with Gasteiger partial charge in [-0.3, -0.25) is 9.64 Å². The molecule has 1 fully saturated rings. The molecule has 0 aliphatic heterocycles. The monoisotopic (exact) mass is 672 g/mol. The van der Waals surface area contributed by atoms with Crippen molar-refractivity contribution in [1.82, 2.24) is 9.80 Å². The number of rotatable bonds is 12. The number of aryl methyl sites for hydroxylation is 1. The Morgan fingerprint density at radius 1 is 1.04 bits per heavy atom. The van der Waals surface area contributed by atoms with E-state index in [9.17, 15) is 18.0 Å². The number of ether oxygens (including phenoxy) is 2. The molecular weight excluding hydrogens is 620 g/mol. The van der Waals surface area contributed by atoms with Gasteiger partial charge in [0.15, 0.2) is 0 Å². The first-order valence-electron chi connectivity index (χ1n) is 16.1. The van der Waals surface area contributed by atoms with Crippen molar-refractivity contribution in [3.05, 3.63) is 90.0 Å². The molecule has 0 heterocycles. The summed E-state index contributed by atoms with van der Waals surface area (Å²) < 4.78 is 48.9. The summed E-state index contributed by atoms with van der Waals surface area (Å²) in [5.74, 6) is -0.351. The fourth-order valence-electron chi connectivity index (χ4n) is 6.21. The average Bonchev–Trinajstić information content (AvgIpc) is 2.95. The predicted octanol–water partition coefficient (Wildman–Crippen LogP) is 6.86. The number of carbonyl (C=O) groups excluding carboxylic acids is 1. The van der Waals surface area contributed by atoms with Crippen LogP contribution in [0.5, 0.6) is 0 Å². The topological polar surface area (TPSA) is 42.0 Å². The van der Waals surface area contributed by atoms with Crippen molar-refractivity contribution in [2.45, 2.75) is 110 Å². The number of hydrogen-bond acceptors (Lipinski definition) is 5. The number of alkyl halides is 3. The number of esters is 1. The Labute approximate surface area is 299 Å². The predicted molar refractivity (Wildman–Crippen MR) is 181 cm³/mol. The summed E-state index contributed by atoms with van der Waals surface area (Å²) in [7, 11) is 1.92. The van der Waals surface area contributed by atoms with E-state index in [-0.39, 0.29) is 36.8 Å². The van der Waals surface area contributed by atoms with Gasteiger partial charge in [0.05, 0.1) is 6.10 Å². The summed E-state index contributed by atoms with van der Waals surface area (Å²) in [4.78, 5) is 18.1. The molecule has 0 amide bonds. The molecule has 0 spiro atoms. The molecule has 5 nitrogen and oxygen atoms in total. The van der Waals surface area contributed by atoms with E-state index in [1.807, 2.05) is 102 Å². The summed E-state index contributed by atoms with van der Waals surface area (Å²) in [6, 6.07) is 12.9. The molecule has 0 radical (unpaired) electrons. The Kier molecular flexibility index (Phi) is 18.7. The fourth-order valence-corrected chi connectivity index (χ4v) is 6.41. The third-order valence-electron chi connectivity index (χ3n) is 8.11. The minimum Gasteiger partial charge on any atom is -0.459 e. The van der Waals surface area contributed by atoms with Crippen molar-refractivity contribution in [3.8, 4) is 0 Å². The number of halogens is 4. The molecule has 0 bridgehead atoms. The molecule has 0 saturated heterocycles. The van der Waals surface area contributed by atoms with Crippen LogP contribution in [0, 0.1) is 27.2 Å². The molecule has 0 aromatic heterocycles. The summed E-state index contributed by atoms with van der Waals surface area (Å²) in [5, 5.41) is 0.648. The standard InChI is InChI=1S/C34H46ClF3N2O3.C3H7.Li/c1-8-40(9-2)29(25-13-11-14-26(35)22-25)20-21-39(7)31(32(41)43-33(4,5)6)28-15-10-12-23(3)30(28)24-16-18-27(19-17-24)42-34(36,37)38;1-3-2;/h10-15,22,24,27,29,31H,1-2,8-9,16-21H2,3-7H3;3H,1-2H3;/q-2;-1;+1/t24?,27?,29-,31?;;/m0../s1. The summed E-state index contributed by atoms with van der Waals surface area (Å²) in [6.45, 7) is 21.4. The zero-order valence-corrected chi connectivity index (χ0v) is 30.4. The fraction of sp³-hybridized carbons (Fsp3) is 0.568. The van der Waals surface area contributed by atoms with Crippen LogP contribution >= 0.6 is 11.6 Å². The van der Waals surface area contributed by atoms with Crippen LogP contribution in [0.3, 0.4) is 0 Å². The van der Waals surface area contributed by atoms with Crippen LogP contribution in [0.4, 0.5) is 13.2 Å². The van der Waals surface area contributed by atoms with E-state index >= 15 is 0 Å². The molecule has 1 aliphatic carbocycles. The summed E-state index contributed by atoms with van der Waals surface area (Å²) in [6.07, 6.45) is -1.11. The van der Waals surface area contributed by atoms with E-state index in [0.29, 0.717) is 56.8 Å². The molecule has 2 aromatic rings. The molecule has 0 N–H and O–H groups in total. The van der Waals surface area contributed by atoms with Gasteiger partial charge in [0, 0.05) is 17.6 Å². The second kappa shape index (κ2) is 20.2. The van der Waals surface area contributed by atoms with Gasteiger partial charge in [0.2, 0.25) is 0 Å². The maximum absolute atomic E-state index is 13.9. The van der Waals surface area contributed by atoms with Gasteiger partial charge in [-0.15, -0.1) is 26.3 Å². The number of likely N-dealkylation sites (N-methyl/N-ethyl adjacent to an activating group) is 1. The second-order valence-electron chi connectivity index (χ2n) is 13.0. The van der Waals surface area contributed by atoms with Gasteiger partial charge in [-0.25, -0.2) is 4.79 Å². The van der Waals surface area contributed by atoms with E-state index in [1.165, 1.54) is 0 Å². The van der Waals surface area contributed by atoms with E-state index in [0.717, 1.165) is 22.3 Å². The summed E-state index contributed by atoms with van der Waals surface area (Å²) >= 11 is 6.34. The number of nitrogens with zero attached hydrogens (tertiary/aromatic N) is 2. The molecule has 1 saturated carbocycles. The smallest absolute Gasteiger partial charge is 0.459 e. The maximum Gasteiger partial charge on any atom is 1.00 e. The van der Waals surface area contributed by atoms with Gasteiger partial charge in [0.25, 0.3) is 0 Å². The van der Waals surface area contributed by atoms with Crippen molar-refractivity contribution in [2.24, 2.45) is 0 Å². The zero-order valence-electron chi connectivity index (χ0n) is 29.6. The first-order valence-corrected chi connectivity index (χ1v) is 16.5. The van der Waals surface area contributed by atoms with Crippen LogP contribution in [0.15, 0.2) is 42.5 Å². The second-order valence-corrected chi connectivity index (χ2v) is 13.4.